The predicted octanol–water partition coefficient (Wildman–Crippen LogP) is 3.81. The molecule has 0 atom stereocenters. The van der Waals surface area contributed by atoms with Crippen molar-refractivity contribution in [2.75, 3.05) is 0 Å². The standard InChI is InChI=1S/C16H18N4OS/c1-10(2)8-14-19-15(21-20-14)9-22-16-11(3)17-12-6-4-5-7-13(12)18-16/h4-7,10H,8-9H2,1-3H3. The van der Waals surface area contributed by atoms with Gasteiger partial charge in [0.15, 0.2) is 5.82 Å². The van der Waals surface area contributed by atoms with Crippen LogP contribution in [-0.2, 0) is 12.2 Å². The zero-order valence-corrected chi connectivity index (χ0v) is 13.7. The summed E-state index contributed by atoms with van der Waals surface area (Å²) < 4.78 is 5.28. The number of thioether (sulfide) groups is 1. The van der Waals surface area contributed by atoms with E-state index in [9.17, 15) is 0 Å². The van der Waals surface area contributed by atoms with Crippen molar-refractivity contribution in [3.05, 3.63) is 41.7 Å². The minimum Gasteiger partial charge on any atom is -0.338 e. The fourth-order valence-corrected chi connectivity index (χ4v) is 2.93. The third-order valence-corrected chi connectivity index (χ3v) is 4.19. The van der Waals surface area contributed by atoms with Gasteiger partial charge in [-0.2, -0.15) is 4.98 Å². The van der Waals surface area contributed by atoms with Crippen molar-refractivity contribution in [3.63, 3.8) is 0 Å². The molecule has 0 saturated heterocycles. The third kappa shape index (κ3) is 3.44. The topological polar surface area (TPSA) is 64.7 Å². The van der Waals surface area contributed by atoms with Crippen molar-refractivity contribution in [1.82, 2.24) is 20.1 Å². The van der Waals surface area contributed by atoms with E-state index in [2.05, 4.69) is 34.0 Å². The summed E-state index contributed by atoms with van der Waals surface area (Å²) in [6.07, 6.45) is 0.836. The zero-order valence-electron chi connectivity index (χ0n) is 12.9. The highest BCUT2D eigenvalue weighted by Gasteiger charge is 2.11. The van der Waals surface area contributed by atoms with Crippen molar-refractivity contribution >= 4 is 22.8 Å². The summed E-state index contributed by atoms with van der Waals surface area (Å²) in [4.78, 5) is 13.6. The molecule has 0 aliphatic heterocycles. The maximum atomic E-state index is 5.28. The van der Waals surface area contributed by atoms with Crippen LogP contribution in [0.3, 0.4) is 0 Å². The molecular formula is C16H18N4OS. The Kier molecular flexibility index (Phi) is 4.38. The lowest BCUT2D eigenvalue weighted by atomic mass is 10.1. The lowest BCUT2D eigenvalue weighted by molar-refractivity contribution is 0.382. The summed E-state index contributed by atoms with van der Waals surface area (Å²) in [7, 11) is 0. The van der Waals surface area contributed by atoms with E-state index in [0.717, 1.165) is 34.0 Å². The van der Waals surface area contributed by atoms with Crippen LogP contribution in [-0.4, -0.2) is 20.1 Å². The highest BCUT2D eigenvalue weighted by Crippen LogP contribution is 2.24. The van der Waals surface area contributed by atoms with Crippen molar-refractivity contribution in [1.29, 1.82) is 0 Å². The molecule has 0 saturated carbocycles. The number of rotatable bonds is 5. The maximum Gasteiger partial charge on any atom is 0.237 e. The average Bonchev–Trinajstić information content (AvgIpc) is 2.91. The minimum atomic E-state index is 0.520. The van der Waals surface area contributed by atoms with Crippen molar-refractivity contribution in [3.8, 4) is 0 Å². The minimum absolute atomic E-state index is 0.520. The number of para-hydroxylation sites is 2. The highest BCUT2D eigenvalue weighted by atomic mass is 32.2. The van der Waals surface area contributed by atoms with Gasteiger partial charge in [-0.3, -0.25) is 0 Å². The predicted molar refractivity (Wildman–Crippen MR) is 86.7 cm³/mol. The Labute approximate surface area is 133 Å². The summed E-state index contributed by atoms with van der Waals surface area (Å²) in [5.74, 6) is 2.53. The van der Waals surface area contributed by atoms with Crippen LogP contribution in [0.5, 0.6) is 0 Å². The summed E-state index contributed by atoms with van der Waals surface area (Å²) in [6.45, 7) is 6.25. The van der Waals surface area contributed by atoms with E-state index in [-0.39, 0.29) is 0 Å². The molecule has 0 aliphatic carbocycles. The SMILES string of the molecule is Cc1nc2ccccc2nc1SCc1nc(CC(C)C)no1. The third-order valence-electron chi connectivity index (χ3n) is 3.13. The molecular weight excluding hydrogens is 296 g/mol. The van der Waals surface area contributed by atoms with Gasteiger partial charge in [0.25, 0.3) is 0 Å². The quantitative estimate of drug-likeness (QED) is 0.667. The first-order valence-electron chi connectivity index (χ1n) is 7.29. The van der Waals surface area contributed by atoms with E-state index in [1.807, 2.05) is 31.2 Å². The summed E-state index contributed by atoms with van der Waals surface area (Å²) in [5, 5.41) is 4.91. The van der Waals surface area contributed by atoms with Crippen molar-refractivity contribution < 1.29 is 4.52 Å². The molecule has 0 N–H and O–H groups in total. The van der Waals surface area contributed by atoms with E-state index in [4.69, 9.17) is 4.52 Å². The Hall–Kier alpha value is -1.95. The smallest absolute Gasteiger partial charge is 0.237 e. The molecule has 0 aliphatic rings. The average molecular weight is 314 g/mol. The second kappa shape index (κ2) is 6.44. The fraction of sp³-hybridized carbons (Fsp3) is 0.375. The van der Waals surface area contributed by atoms with Crippen LogP contribution < -0.4 is 0 Å². The first kappa shape index (κ1) is 15.0. The summed E-state index contributed by atoms with van der Waals surface area (Å²) in [6, 6.07) is 7.88. The second-order valence-corrected chi connectivity index (χ2v) is 6.56. The fourth-order valence-electron chi connectivity index (χ4n) is 2.14. The first-order valence-corrected chi connectivity index (χ1v) is 8.28. The molecule has 2 aromatic heterocycles. The molecule has 0 amide bonds. The van der Waals surface area contributed by atoms with E-state index in [0.29, 0.717) is 17.6 Å². The Morgan fingerprint density at radius 3 is 2.55 bits per heavy atom. The number of aromatic nitrogens is 4. The lowest BCUT2D eigenvalue weighted by Crippen LogP contribution is -1.96. The first-order chi connectivity index (χ1) is 10.6. The second-order valence-electron chi connectivity index (χ2n) is 5.59. The normalized spacial score (nSPS) is 11.5. The van der Waals surface area contributed by atoms with Gasteiger partial charge < -0.3 is 4.52 Å². The Morgan fingerprint density at radius 1 is 1.09 bits per heavy atom. The van der Waals surface area contributed by atoms with Crippen LogP contribution in [0.15, 0.2) is 33.8 Å². The van der Waals surface area contributed by atoms with Crippen LogP contribution in [0.2, 0.25) is 0 Å². The Morgan fingerprint density at radius 2 is 1.82 bits per heavy atom. The van der Waals surface area contributed by atoms with Crippen LogP contribution in [0.25, 0.3) is 11.0 Å². The van der Waals surface area contributed by atoms with Gasteiger partial charge in [0.2, 0.25) is 5.89 Å². The van der Waals surface area contributed by atoms with Gasteiger partial charge in [-0.25, -0.2) is 9.97 Å². The molecule has 22 heavy (non-hydrogen) atoms. The lowest BCUT2D eigenvalue weighted by Gasteiger charge is -2.04. The highest BCUT2D eigenvalue weighted by molar-refractivity contribution is 7.98. The molecule has 0 fully saturated rings. The van der Waals surface area contributed by atoms with Crippen LogP contribution in [0, 0.1) is 12.8 Å². The van der Waals surface area contributed by atoms with Gasteiger partial charge in [-0.1, -0.05) is 42.9 Å². The van der Waals surface area contributed by atoms with E-state index in [1.54, 1.807) is 11.8 Å². The molecule has 114 valence electrons. The number of fused-ring (bicyclic) bond motifs is 1. The largest absolute Gasteiger partial charge is 0.338 e. The molecule has 2 heterocycles. The van der Waals surface area contributed by atoms with Gasteiger partial charge in [-0.15, -0.1) is 0 Å². The van der Waals surface area contributed by atoms with Crippen LogP contribution >= 0.6 is 11.8 Å². The molecule has 0 spiro atoms. The number of hydrogen-bond donors (Lipinski definition) is 0. The zero-order chi connectivity index (χ0) is 15.5. The van der Waals surface area contributed by atoms with Gasteiger partial charge in [0, 0.05) is 6.42 Å². The molecule has 3 rings (SSSR count). The Bertz CT molecular complexity index is 785. The maximum absolute atomic E-state index is 5.28. The molecule has 0 radical (unpaired) electrons. The summed E-state index contributed by atoms with van der Waals surface area (Å²) >= 11 is 1.58. The number of hydrogen-bond acceptors (Lipinski definition) is 6. The van der Waals surface area contributed by atoms with Gasteiger partial charge in [-0.05, 0) is 25.0 Å². The molecule has 0 unspecified atom stereocenters. The van der Waals surface area contributed by atoms with E-state index >= 15 is 0 Å². The number of nitrogens with zero attached hydrogens (tertiary/aromatic N) is 4. The van der Waals surface area contributed by atoms with Crippen LogP contribution in [0.1, 0.15) is 31.3 Å². The van der Waals surface area contributed by atoms with Gasteiger partial charge in [0.05, 0.1) is 22.5 Å². The van der Waals surface area contributed by atoms with Crippen LogP contribution in [0.4, 0.5) is 0 Å². The van der Waals surface area contributed by atoms with Gasteiger partial charge in [0.1, 0.15) is 5.03 Å². The number of benzene rings is 1. The molecule has 6 heteroatoms. The molecule has 1 aromatic carbocycles. The molecule has 3 aromatic rings. The van der Waals surface area contributed by atoms with Crippen molar-refractivity contribution in [2.24, 2.45) is 5.92 Å². The summed E-state index contributed by atoms with van der Waals surface area (Å²) in [5.41, 5.74) is 2.74. The van der Waals surface area contributed by atoms with E-state index in [1.165, 1.54) is 0 Å². The molecule has 5 nitrogen and oxygen atoms in total. The monoisotopic (exact) mass is 314 g/mol. The Balaban J connectivity index is 1.73. The van der Waals surface area contributed by atoms with Gasteiger partial charge >= 0.3 is 0 Å². The van der Waals surface area contributed by atoms with E-state index < -0.39 is 0 Å². The number of aryl methyl sites for hydroxylation is 1. The van der Waals surface area contributed by atoms with Crippen molar-refractivity contribution in [2.45, 2.75) is 38.0 Å². The molecule has 0 bridgehead atoms.